The Hall–Kier alpha value is -2.83. The summed E-state index contributed by atoms with van der Waals surface area (Å²) in [4.78, 5) is 31.9. The molecule has 1 aliphatic rings. The zero-order valence-corrected chi connectivity index (χ0v) is 19.8. The highest BCUT2D eigenvalue weighted by atomic mass is 16.5. The van der Waals surface area contributed by atoms with E-state index in [1.54, 1.807) is 12.1 Å². The third-order valence-corrected chi connectivity index (χ3v) is 6.51. The number of hydrogen-bond acceptors (Lipinski definition) is 4. The third-order valence-electron chi connectivity index (χ3n) is 6.51. The smallest absolute Gasteiger partial charge is 0.337 e. The standard InChI is InChI=1S/C25H36N4O3/c1-6-9-26-25(31)27-14-19-10-16(4)18(11-20(19)15(2)3)13-23-28-21-8-7-17(24(30)32-5)12-22(21)29-23/h7-8,10,12,15,18-20H,6,9,11,13-14H2,1-5H3,(H,28,29)(H2,26,27,31)/t18-,19-,20-/m0/s1. The number of urea groups is 1. The molecule has 1 aliphatic carbocycles. The number of H-pyrrole nitrogens is 1. The van der Waals surface area contributed by atoms with Crippen molar-refractivity contribution in [2.45, 2.75) is 47.0 Å². The van der Waals surface area contributed by atoms with E-state index in [-0.39, 0.29) is 12.0 Å². The lowest BCUT2D eigenvalue weighted by Crippen LogP contribution is -2.41. The first-order valence-corrected chi connectivity index (χ1v) is 11.6. The van der Waals surface area contributed by atoms with Crippen molar-refractivity contribution in [3.05, 3.63) is 41.2 Å². The molecule has 7 nitrogen and oxygen atoms in total. The number of rotatable bonds is 8. The molecule has 3 rings (SSSR count). The van der Waals surface area contributed by atoms with Crippen LogP contribution in [0.25, 0.3) is 11.0 Å². The van der Waals surface area contributed by atoms with E-state index in [0.717, 1.165) is 36.1 Å². The molecule has 1 aromatic heterocycles. The number of ether oxygens (including phenoxy) is 1. The maximum absolute atomic E-state index is 12.0. The number of aromatic amines is 1. The summed E-state index contributed by atoms with van der Waals surface area (Å²) in [5, 5.41) is 5.93. The second-order valence-electron chi connectivity index (χ2n) is 9.16. The number of allylic oxidation sites excluding steroid dienone is 1. The Morgan fingerprint density at radius 2 is 2.06 bits per heavy atom. The van der Waals surface area contributed by atoms with Crippen LogP contribution in [0, 0.1) is 23.7 Å². The molecule has 174 valence electrons. The number of aromatic nitrogens is 2. The molecule has 32 heavy (non-hydrogen) atoms. The number of amides is 2. The molecule has 0 spiro atoms. The predicted molar refractivity (Wildman–Crippen MR) is 127 cm³/mol. The van der Waals surface area contributed by atoms with Gasteiger partial charge in [0.2, 0.25) is 0 Å². The maximum Gasteiger partial charge on any atom is 0.337 e. The van der Waals surface area contributed by atoms with Gasteiger partial charge in [0.15, 0.2) is 0 Å². The molecule has 0 saturated heterocycles. The summed E-state index contributed by atoms with van der Waals surface area (Å²) in [6, 6.07) is 5.31. The molecule has 0 fully saturated rings. The van der Waals surface area contributed by atoms with Crippen molar-refractivity contribution in [2.24, 2.45) is 23.7 Å². The van der Waals surface area contributed by atoms with Crippen molar-refractivity contribution in [1.82, 2.24) is 20.6 Å². The minimum atomic E-state index is -0.350. The topological polar surface area (TPSA) is 96.1 Å². The largest absolute Gasteiger partial charge is 0.465 e. The number of hydrogen-bond donors (Lipinski definition) is 3. The Balaban J connectivity index is 1.71. The number of methoxy groups -OCH3 is 1. The Morgan fingerprint density at radius 1 is 1.28 bits per heavy atom. The first-order valence-electron chi connectivity index (χ1n) is 11.6. The van der Waals surface area contributed by atoms with Gasteiger partial charge in [-0.3, -0.25) is 0 Å². The van der Waals surface area contributed by atoms with Gasteiger partial charge in [-0.15, -0.1) is 0 Å². The van der Waals surface area contributed by atoms with E-state index < -0.39 is 0 Å². The third kappa shape index (κ3) is 5.69. The normalized spacial score (nSPS) is 20.8. The summed E-state index contributed by atoms with van der Waals surface area (Å²) < 4.78 is 4.81. The lowest BCUT2D eigenvalue weighted by molar-refractivity contribution is 0.0601. The van der Waals surface area contributed by atoms with Crippen LogP contribution in [0.3, 0.4) is 0 Å². The summed E-state index contributed by atoms with van der Waals surface area (Å²) in [5.74, 6) is 2.32. The van der Waals surface area contributed by atoms with Crippen LogP contribution in [0.5, 0.6) is 0 Å². The fourth-order valence-electron chi connectivity index (χ4n) is 4.66. The quantitative estimate of drug-likeness (QED) is 0.417. The highest BCUT2D eigenvalue weighted by Crippen LogP contribution is 2.38. The zero-order valence-electron chi connectivity index (χ0n) is 19.8. The number of carbonyl (C=O) groups is 2. The van der Waals surface area contributed by atoms with Gasteiger partial charge in [-0.05, 0) is 61.6 Å². The number of benzene rings is 1. The molecule has 1 aromatic carbocycles. The van der Waals surface area contributed by atoms with E-state index in [2.05, 4.69) is 42.5 Å². The summed E-state index contributed by atoms with van der Waals surface area (Å²) in [7, 11) is 1.38. The van der Waals surface area contributed by atoms with E-state index >= 15 is 0 Å². The molecule has 0 radical (unpaired) electrons. The summed E-state index contributed by atoms with van der Waals surface area (Å²) >= 11 is 0. The molecular formula is C25H36N4O3. The van der Waals surface area contributed by atoms with Crippen LogP contribution < -0.4 is 10.6 Å². The Morgan fingerprint density at radius 3 is 2.75 bits per heavy atom. The molecule has 0 saturated carbocycles. The second-order valence-corrected chi connectivity index (χ2v) is 9.16. The van der Waals surface area contributed by atoms with Gasteiger partial charge in [0.25, 0.3) is 0 Å². The van der Waals surface area contributed by atoms with Crippen LogP contribution >= 0.6 is 0 Å². The van der Waals surface area contributed by atoms with Crippen LogP contribution in [0.4, 0.5) is 4.79 Å². The molecule has 0 aliphatic heterocycles. The van der Waals surface area contributed by atoms with Crippen molar-refractivity contribution < 1.29 is 14.3 Å². The predicted octanol–water partition coefficient (Wildman–Crippen LogP) is 4.46. The molecule has 1 heterocycles. The monoisotopic (exact) mass is 440 g/mol. The number of nitrogens with one attached hydrogen (secondary N) is 3. The van der Waals surface area contributed by atoms with Gasteiger partial charge in [0.1, 0.15) is 5.82 Å². The van der Waals surface area contributed by atoms with Crippen molar-refractivity contribution in [3.8, 4) is 0 Å². The molecule has 7 heteroatoms. The van der Waals surface area contributed by atoms with Gasteiger partial charge in [-0.25, -0.2) is 14.6 Å². The molecule has 3 atom stereocenters. The molecule has 2 amide bonds. The highest BCUT2D eigenvalue weighted by molar-refractivity contribution is 5.93. The molecule has 2 aromatic rings. The summed E-state index contributed by atoms with van der Waals surface area (Å²) in [6.45, 7) is 10.1. The Kier molecular flexibility index (Phi) is 7.94. The van der Waals surface area contributed by atoms with Crippen molar-refractivity contribution in [3.63, 3.8) is 0 Å². The molecule has 3 N–H and O–H groups in total. The molecule has 0 unspecified atom stereocenters. The van der Waals surface area contributed by atoms with Gasteiger partial charge < -0.3 is 20.4 Å². The first kappa shape index (κ1) is 23.8. The SMILES string of the molecule is CCCNC(=O)NC[C@@H]1C=C(C)[C@H](Cc2nc3ccc(C(=O)OC)cc3[nH]2)C[C@H]1C(C)C. The van der Waals surface area contributed by atoms with Crippen molar-refractivity contribution in [1.29, 1.82) is 0 Å². The van der Waals surface area contributed by atoms with Crippen molar-refractivity contribution in [2.75, 3.05) is 20.2 Å². The first-order chi connectivity index (χ1) is 15.3. The van der Waals surface area contributed by atoms with Crippen LogP contribution in [0.1, 0.15) is 56.7 Å². The second kappa shape index (κ2) is 10.7. The van der Waals surface area contributed by atoms with Crippen LogP contribution in [-0.2, 0) is 11.2 Å². The summed E-state index contributed by atoms with van der Waals surface area (Å²) in [5.41, 5.74) is 3.56. The lowest BCUT2D eigenvalue weighted by Gasteiger charge is -2.37. The van der Waals surface area contributed by atoms with Gasteiger partial charge in [0, 0.05) is 19.5 Å². The molecule has 0 bridgehead atoms. The van der Waals surface area contributed by atoms with E-state index in [4.69, 9.17) is 9.72 Å². The number of nitrogens with zero attached hydrogens (tertiary/aromatic N) is 1. The van der Waals surface area contributed by atoms with Gasteiger partial charge in [0.05, 0.1) is 23.7 Å². The van der Waals surface area contributed by atoms with Gasteiger partial charge >= 0.3 is 12.0 Å². The molecular weight excluding hydrogens is 404 g/mol. The maximum atomic E-state index is 12.0. The average molecular weight is 441 g/mol. The lowest BCUT2D eigenvalue weighted by atomic mass is 9.70. The van der Waals surface area contributed by atoms with Gasteiger partial charge in [-0.1, -0.05) is 32.4 Å². The van der Waals surface area contributed by atoms with Crippen molar-refractivity contribution >= 4 is 23.0 Å². The van der Waals surface area contributed by atoms with E-state index in [9.17, 15) is 9.59 Å². The van der Waals surface area contributed by atoms with E-state index in [0.29, 0.717) is 42.3 Å². The highest BCUT2D eigenvalue weighted by Gasteiger charge is 2.32. The van der Waals surface area contributed by atoms with E-state index in [1.165, 1.54) is 12.7 Å². The fourth-order valence-corrected chi connectivity index (χ4v) is 4.66. The van der Waals surface area contributed by atoms with Crippen LogP contribution in [0.15, 0.2) is 29.8 Å². The van der Waals surface area contributed by atoms with Crippen LogP contribution in [0.2, 0.25) is 0 Å². The number of esters is 1. The van der Waals surface area contributed by atoms with Crippen LogP contribution in [-0.4, -0.2) is 42.2 Å². The fraction of sp³-hybridized carbons (Fsp3) is 0.560. The Bertz CT molecular complexity index is 979. The number of fused-ring (bicyclic) bond motifs is 1. The minimum absolute atomic E-state index is 0.0869. The number of carbonyl (C=O) groups excluding carboxylic acids is 2. The Labute approximate surface area is 190 Å². The average Bonchev–Trinajstić information content (AvgIpc) is 3.18. The summed E-state index contributed by atoms with van der Waals surface area (Å²) in [6.07, 6.45) is 5.16. The number of imidazole rings is 1. The van der Waals surface area contributed by atoms with Gasteiger partial charge in [-0.2, -0.15) is 0 Å². The van der Waals surface area contributed by atoms with E-state index in [1.807, 2.05) is 13.0 Å². The minimum Gasteiger partial charge on any atom is -0.465 e. The zero-order chi connectivity index (χ0) is 23.3.